The zero-order chi connectivity index (χ0) is 37.0. The summed E-state index contributed by atoms with van der Waals surface area (Å²) >= 11 is 0. The van der Waals surface area contributed by atoms with E-state index in [0.29, 0.717) is 0 Å². The second-order valence-electron chi connectivity index (χ2n) is 14.5. The fourth-order valence-corrected chi connectivity index (χ4v) is 8.70. The zero-order valence-electron chi connectivity index (χ0n) is 30.7. The van der Waals surface area contributed by atoms with E-state index in [2.05, 4.69) is 228 Å². The van der Waals surface area contributed by atoms with E-state index in [0.717, 1.165) is 22.7 Å². The maximum absolute atomic E-state index is 2.42. The number of fused-ring (bicyclic) bond motifs is 8. The van der Waals surface area contributed by atoms with Crippen LogP contribution in [0.1, 0.15) is 0 Å². The number of benzene rings is 10. The van der Waals surface area contributed by atoms with Gasteiger partial charge in [0.1, 0.15) is 0 Å². The third-order valence-corrected chi connectivity index (χ3v) is 11.4. The molecule has 0 radical (unpaired) electrons. The van der Waals surface area contributed by atoms with Gasteiger partial charge in [-0.05, 0) is 92.2 Å². The molecule has 2 heteroatoms. The summed E-state index contributed by atoms with van der Waals surface area (Å²) in [4.78, 5) is 2.40. The van der Waals surface area contributed by atoms with Crippen LogP contribution >= 0.6 is 0 Å². The van der Waals surface area contributed by atoms with Crippen molar-refractivity contribution in [2.24, 2.45) is 0 Å². The van der Waals surface area contributed by atoms with Gasteiger partial charge in [-0.3, -0.25) is 0 Å². The fraction of sp³-hybridized carbons (Fsp3) is 0. The predicted molar refractivity (Wildman–Crippen MR) is 239 cm³/mol. The summed E-state index contributed by atoms with van der Waals surface area (Å²) in [6.45, 7) is 0. The summed E-state index contributed by atoms with van der Waals surface area (Å²) < 4.78 is 2.42. The zero-order valence-corrected chi connectivity index (χ0v) is 30.7. The van der Waals surface area contributed by atoms with Gasteiger partial charge in [-0.25, -0.2) is 0 Å². The van der Waals surface area contributed by atoms with E-state index < -0.39 is 0 Å². The molecule has 56 heavy (non-hydrogen) atoms. The van der Waals surface area contributed by atoms with Gasteiger partial charge in [0.15, 0.2) is 0 Å². The van der Waals surface area contributed by atoms with Crippen LogP contribution < -0.4 is 4.90 Å². The molecule has 0 unspecified atom stereocenters. The first-order valence-electron chi connectivity index (χ1n) is 19.3. The summed E-state index contributed by atoms with van der Waals surface area (Å²) in [5, 5.41) is 10.1. The number of para-hydroxylation sites is 2. The van der Waals surface area contributed by atoms with Gasteiger partial charge in [-0.1, -0.05) is 170 Å². The second-order valence-corrected chi connectivity index (χ2v) is 14.5. The molecular formula is C54H36N2. The normalized spacial score (nSPS) is 11.6. The second kappa shape index (κ2) is 13.2. The van der Waals surface area contributed by atoms with Crippen LogP contribution in [0.5, 0.6) is 0 Å². The molecule has 11 rings (SSSR count). The van der Waals surface area contributed by atoms with E-state index in [1.54, 1.807) is 0 Å². The van der Waals surface area contributed by atoms with E-state index >= 15 is 0 Å². The summed E-state index contributed by atoms with van der Waals surface area (Å²) in [6, 6.07) is 79.4. The van der Waals surface area contributed by atoms with Gasteiger partial charge in [-0.2, -0.15) is 0 Å². The maximum atomic E-state index is 2.42. The van der Waals surface area contributed by atoms with E-state index in [1.165, 1.54) is 76.4 Å². The van der Waals surface area contributed by atoms with Crippen molar-refractivity contribution in [3.05, 3.63) is 218 Å². The third kappa shape index (κ3) is 5.26. The Balaban J connectivity index is 1.01. The Morgan fingerprint density at radius 2 is 0.875 bits per heavy atom. The van der Waals surface area contributed by atoms with Crippen LogP contribution in [-0.2, 0) is 0 Å². The molecule has 0 fully saturated rings. The number of anilines is 3. The van der Waals surface area contributed by atoms with Crippen LogP contribution in [0.4, 0.5) is 17.1 Å². The Labute approximate surface area is 325 Å². The molecule has 10 aromatic carbocycles. The Morgan fingerprint density at radius 1 is 0.321 bits per heavy atom. The predicted octanol–water partition coefficient (Wildman–Crippen LogP) is 15.0. The Hall–Kier alpha value is -7.42. The summed E-state index contributed by atoms with van der Waals surface area (Å²) in [7, 11) is 0. The van der Waals surface area contributed by atoms with Gasteiger partial charge in [-0.15, -0.1) is 0 Å². The topological polar surface area (TPSA) is 8.17 Å². The maximum Gasteiger partial charge on any atom is 0.0619 e. The van der Waals surface area contributed by atoms with Crippen molar-refractivity contribution in [1.29, 1.82) is 0 Å². The number of nitrogens with zero attached hydrogens (tertiary/aromatic N) is 2. The van der Waals surface area contributed by atoms with Crippen molar-refractivity contribution in [1.82, 2.24) is 4.57 Å². The molecule has 262 valence electrons. The van der Waals surface area contributed by atoms with Crippen LogP contribution in [-0.4, -0.2) is 4.57 Å². The van der Waals surface area contributed by atoms with E-state index in [1.807, 2.05) is 0 Å². The largest absolute Gasteiger partial charge is 0.310 e. The van der Waals surface area contributed by atoms with Gasteiger partial charge in [0.25, 0.3) is 0 Å². The number of aromatic nitrogens is 1. The van der Waals surface area contributed by atoms with Crippen LogP contribution in [0.25, 0.3) is 82.1 Å². The van der Waals surface area contributed by atoms with Crippen LogP contribution in [0.3, 0.4) is 0 Å². The quantitative estimate of drug-likeness (QED) is 0.156. The number of rotatable bonds is 6. The first kappa shape index (κ1) is 32.0. The molecule has 0 saturated carbocycles. The van der Waals surface area contributed by atoms with Crippen LogP contribution in [0.15, 0.2) is 218 Å². The first-order valence-corrected chi connectivity index (χ1v) is 19.3. The molecule has 0 aliphatic carbocycles. The van der Waals surface area contributed by atoms with Crippen molar-refractivity contribution in [2.75, 3.05) is 4.90 Å². The van der Waals surface area contributed by atoms with Gasteiger partial charge >= 0.3 is 0 Å². The van der Waals surface area contributed by atoms with Crippen molar-refractivity contribution in [2.45, 2.75) is 0 Å². The average molecular weight is 713 g/mol. The monoisotopic (exact) mass is 712 g/mol. The molecule has 1 aromatic heterocycles. The molecular weight excluding hydrogens is 677 g/mol. The molecule has 0 bridgehead atoms. The molecule has 0 aliphatic rings. The highest BCUT2D eigenvalue weighted by molar-refractivity contribution is 6.18. The van der Waals surface area contributed by atoms with Crippen molar-refractivity contribution in [3.8, 4) is 27.9 Å². The van der Waals surface area contributed by atoms with Gasteiger partial charge in [0, 0.05) is 38.8 Å². The van der Waals surface area contributed by atoms with Crippen LogP contribution in [0, 0.1) is 0 Å². The molecule has 0 N–H and O–H groups in total. The molecule has 0 aliphatic heterocycles. The highest BCUT2D eigenvalue weighted by Gasteiger charge is 2.19. The molecule has 0 amide bonds. The summed E-state index contributed by atoms with van der Waals surface area (Å²) in [5.41, 5.74) is 11.7. The Bertz CT molecular complexity index is 3230. The van der Waals surface area contributed by atoms with E-state index in [9.17, 15) is 0 Å². The lowest BCUT2D eigenvalue weighted by Crippen LogP contribution is -2.11. The smallest absolute Gasteiger partial charge is 0.0619 e. The number of hydrogen-bond donors (Lipinski definition) is 0. The van der Waals surface area contributed by atoms with Crippen molar-refractivity contribution >= 4 is 71.2 Å². The molecule has 1 heterocycles. The SMILES string of the molecule is c1ccc(-c2ccccc2N(c2ccc(-c3ccc(-n4c5ccccc5c5ccc6ccccc6c54)cc3)cc2)c2ccc3c(ccc4ccccc43)c2)cc1. The first-order chi connectivity index (χ1) is 27.8. The minimum Gasteiger partial charge on any atom is -0.310 e. The van der Waals surface area contributed by atoms with Crippen LogP contribution in [0.2, 0.25) is 0 Å². The highest BCUT2D eigenvalue weighted by Crippen LogP contribution is 2.43. The van der Waals surface area contributed by atoms with E-state index in [4.69, 9.17) is 0 Å². The lowest BCUT2D eigenvalue weighted by atomic mass is 9.99. The Morgan fingerprint density at radius 3 is 1.68 bits per heavy atom. The lowest BCUT2D eigenvalue weighted by Gasteiger charge is -2.28. The van der Waals surface area contributed by atoms with Gasteiger partial charge in [0.2, 0.25) is 0 Å². The molecule has 2 nitrogen and oxygen atoms in total. The lowest BCUT2D eigenvalue weighted by molar-refractivity contribution is 1.19. The summed E-state index contributed by atoms with van der Waals surface area (Å²) in [6.07, 6.45) is 0. The molecule has 0 spiro atoms. The van der Waals surface area contributed by atoms with Crippen molar-refractivity contribution in [3.63, 3.8) is 0 Å². The fourth-order valence-electron chi connectivity index (χ4n) is 8.70. The Kier molecular flexibility index (Phi) is 7.53. The van der Waals surface area contributed by atoms with Gasteiger partial charge in [0.05, 0.1) is 16.7 Å². The van der Waals surface area contributed by atoms with E-state index in [-0.39, 0.29) is 0 Å². The van der Waals surface area contributed by atoms with Gasteiger partial charge < -0.3 is 9.47 Å². The minimum absolute atomic E-state index is 1.10. The molecule has 0 atom stereocenters. The third-order valence-electron chi connectivity index (χ3n) is 11.4. The summed E-state index contributed by atoms with van der Waals surface area (Å²) in [5.74, 6) is 0. The minimum atomic E-state index is 1.10. The molecule has 11 aromatic rings. The number of hydrogen-bond acceptors (Lipinski definition) is 1. The highest BCUT2D eigenvalue weighted by atomic mass is 15.1. The molecule has 0 saturated heterocycles. The average Bonchev–Trinajstić information content (AvgIpc) is 3.62. The van der Waals surface area contributed by atoms with Crippen molar-refractivity contribution < 1.29 is 0 Å². The standard InChI is InChI=1S/C54H36N2/c1-2-12-39(13-3-1)48-17-8-10-20-52(48)55(45-33-35-47-42(36-45)23-22-40-14-4-6-16-46(40)47)43-29-24-37(25-30-43)38-26-31-44(32-27-38)56-53-21-11-9-19-50(53)51-34-28-41-15-5-7-18-49(41)54(51)56/h1-36H.